The first-order valence-corrected chi connectivity index (χ1v) is 8.11. The summed E-state index contributed by atoms with van der Waals surface area (Å²) in [5, 5.41) is 8.66. The summed E-state index contributed by atoms with van der Waals surface area (Å²) in [7, 11) is 1.75. The normalized spacial score (nSPS) is 11.2. The zero-order chi connectivity index (χ0) is 17.0. The van der Waals surface area contributed by atoms with Crippen molar-refractivity contribution in [1.29, 1.82) is 0 Å². The van der Waals surface area contributed by atoms with Gasteiger partial charge in [0.2, 0.25) is 5.91 Å². The minimum Gasteiger partial charge on any atom is -0.352 e. The van der Waals surface area contributed by atoms with E-state index in [4.69, 9.17) is 34.8 Å². The lowest BCUT2D eigenvalue weighted by atomic mass is 10.1. The minimum atomic E-state index is -0.215. The van der Waals surface area contributed by atoms with Gasteiger partial charge < -0.3 is 5.32 Å². The second kappa shape index (κ2) is 7.86. The van der Waals surface area contributed by atoms with Crippen LogP contribution in [0.2, 0.25) is 15.2 Å². The fourth-order valence-electron chi connectivity index (χ4n) is 2.14. The first-order valence-electron chi connectivity index (χ1n) is 6.98. The number of halogens is 3. The molecule has 2 rings (SSSR count). The first-order chi connectivity index (χ1) is 10.9. The van der Waals surface area contributed by atoms with Crippen LogP contribution in [0.1, 0.15) is 16.8 Å². The lowest BCUT2D eigenvalue weighted by Crippen LogP contribution is -2.23. The number of amides is 1. The van der Waals surface area contributed by atoms with Crippen molar-refractivity contribution in [2.24, 2.45) is 7.05 Å². The minimum absolute atomic E-state index is 0.215. The monoisotopic (exact) mass is 371 g/mol. The Morgan fingerprint density at radius 1 is 1.30 bits per heavy atom. The fourth-order valence-corrected chi connectivity index (χ4v) is 2.96. The van der Waals surface area contributed by atoms with Crippen LogP contribution in [0.15, 0.2) is 24.3 Å². The molecule has 0 aliphatic rings. The van der Waals surface area contributed by atoms with E-state index in [1.54, 1.807) is 36.0 Å². The summed E-state index contributed by atoms with van der Waals surface area (Å²) in [5.41, 5.74) is 2.33. The number of nitrogens with zero attached hydrogens (tertiary/aromatic N) is 2. The number of nitrogens with one attached hydrogen (secondary N) is 1. The maximum atomic E-state index is 11.9. The molecule has 0 bridgehead atoms. The van der Waals surface area contributed by atoms with Crippen molar-refractivity contribution in [3.8, 4) is 0 Å². The summed E-state index contributed by atoms with van der Waals surface area (Å²) in [6.45, 7) is 2.27. The van der Waals surface area contributed by atoms with Gasteiger partial charge in [-0.2, -0.15) is 5.10 Å². The molecule has 23 heavy (non-hydrogen) atoms. The zero-order valence-electron chi connectivity index (χ0n) is 12.7. The molecule has 0 saturated heterocycles. The van der Waals surface area contributed by atoms with E-state index in [2.05, 4.69) is 10.4 Å². The summed E-state index contributed by atoms with van der Waals surface area (Å²) in [6, 6.07) is 5.34. The molecule has 1 aromatic heterocycles. The number of carbonyl (C=O) groups excluding carboxylic acids is 1. The molecule has 0 atom stereocenters. The van der Waals surface area contributed by atoms with Gasteiger partial charge in [-0.3, -0.25) is 9.48 Å². The smallest absolute Gasteiger partial charge is 0.244 e. The van der Waals surface area contributed by atoms with Crippen LogP contribution < -0.4 is 5.32 Å². The highest BCUT2D eigenvalue weighted by atomic mass is 35.5. The van der Waals surface area contributed by atoms with E-state index in [1.165, 1.54) is 6.08 Å². The molecule has 0 unspecified atom stereocenters. The predicted octanol–water partition coefficient (Wildman–Crippen LogP) is 4.06. The number of benzene rings is 1. The third-order valence-corrected chi connectivity index (χ3v) is 4.49. The van der Waals surface area contributed by atoms with Gasteiger partial charge in [-0.15, -0.1) is 0 Å². The molecule has 1 aromatic carbocycles. The molecule has 0 spiro atoms. The average molecular weight is 373 g/mol. The third-order valence-electron chi connectivity index (χ3n) is 3.33. The molecule has 0 fully saturated rings. The largest absolute Gasteiger partial charge is 0.352 e. The van der Waals surface area contributed by atoms with E-state index in [0.717, 1.165) is 16.8 Å². The Morgan fingerprint density at radius 2 is 1.96 bits per heavy atom. The van der Waals surface area contributed by atoms with Crippen LogP contribution >= 0.6 is 34.8 Å². The maximum Gasteiger partial charge on any atom is 0.244 e. The predicted molar refractivity (Wildman–Crippen MR) is 95.2 cm³/mol. The van der Waals surface area contributed by atoms with Gasteiger partial charge in [0.15, 0.2) is 0 Å². The number of aryl methyl sites for hydroxylation is 2. The van der Waals surface area contributed by atoms with E-state index in [9.17, 15) is 4.79 Å². The van der Waals surface area contributed by atoms with Gasteiger partial charge in [-0.1, -0.05) is 40.9 Å². The van der Waals surface area contributed by atoms with Gasteiger partial charge in [0.05, 0.1) is 5.69 Å². The van der Waals surface area contributed by atoms with Crippen molar-refractivity contribution in [2.45, 2.75) is 13.3 Å². The van der Waals surface area contributed by atoms with Gasteiger partial charge in [0, 0.05) is 35.3 Å². The topological polar surface area (TPSA) is 46.9 Å². The second-order valence-corrected chi connectivity index (χ2v) is 6.16. The Labute approximate surface area is 150 Å². The van der Waals surface area contributed by atoms with Gasteiger partial charge in [-0.05, 0) is 37.1 Å². The second-order valence-electron chi connectivity index (χ2n) is 4.99. The molecule has 4 nitrogen and oxygen atoms in total. The molecule has 7 heteroatoms. The van der Waals surface area contributed by atoms with Gasteiger partial charge in [0.1, 0.15) is 5.15 Å². The zero-order valence-corrected chi connectivity index (χ0v) is 15.0. The summed E-state index contributed by atoms with van der Waals surface area (Å²) in [4.78, 5) is 11.9. The highest BCUT2D eigenvalue weighted by Gasteiger charge is 2.09. The van der Waals surface area contributed by atoms with Crippen LogP contribution in [0.5, 0.6) is 0 Å². The van der Waals surface area contributed by atoms with E-state index >= 15 is 0 Å². The van der Waals surface area contributed by atoms with Crippen LogP contribution in [-0.4, -0.2) is 22.2 Å². The summed E-state index contributed by atoms with van der Waals surface area (Å²) in [5.74, 6) is -0.215. The van der Waals surface area contributed by atoms with Crippen molar-refractivity contribution in [3.63, 3.8) is 0 Å². The van der Waals surface area contributed by atoms with Gasteiger partial charge in [0.25, 0.3) is 0 Å². The molecule has 0 aliphatic carbocycles. The van der Waals surface area contributed by atoms with Crippen molar-refractivity contribution >= 4 is 46.8 Å². The molecule has 2 aromatic rings. The van der Waals surface area contributed by atoms with E-state index in [1.807, 2.05) is 6.92 Å². The number of aromatic nitrogens is 2. The Kier molecular flexibility index (Phi) is 6.10. The molecular formula is C16H16Cl3N3O. The van der Waals surface area contributed by atoms with E-state index in [-0.39, 0.29) is 5.91 Å². The molecule has 1 amide bonds. The number of carbonyl (C=O) groups is 1. The summed E-state index contributed by atoms with van der Waals surface area (Å²) >= 11 is 18.3. The lowest BCUT2D eigenvalue weighted by molar-refractivity contribution is -0.116. The molecule has 0 saturated carbocycles. The Balaban J connectivity index is 1.92. The van der Waals surface area contributed by atoms with Crippen LogP contribution in [0.3, 0.4) is 0 Å². The number of hydrogen-bond donors (Lipinski definition) is 1. The molecule has 1 N–H and O–H groups in total. The highest BCUT2D eigenvalue weighted by Crippen LogP contribution is 2.24. The molecule has 0 radical (unpaired) electrons. The number of hydrogen-bond acceptors (Lipinski definition) is 2. The Morgan fingerprint density at radius 3 is 2.52 bits per heavy atom. The van der Waals surface area contributed by atoms with Gasteiger partial charge in [-0.25, -0.2) is 0 Å². The Bertz CT molecular complexity index is 733. The van der Waals surface area contributed by atoms with Gasteiger partial charge >= 0.3 is 0 Å². The van der Waals surface area contributed by atoms with Crippen molar-refractivity contribution in [3.05, 3.63) is 56.3 Å². The molecular weight excluding hydrogens is 357 g/mol. The molecule has 0 aliphatic heterocycles. The summed E-state index contributed by atoms with van der Waals surface area (Å²) < 4.78 is 1.56. The summed E-state index contributed by atoms with van der Waals surface area (Å²) in [6.07, 6.45) is 3.65. The Hall–Kier alpha value is -1.49. The first kappa shape index (κ1) is 17.9. The molecule has 122 valence electrons. The standard InChI is InChI=1S/C16H16Cl3N3O/c1-10-11(16(19)22(2)21-10)6-7-15(23)20-9-8-12-13(17)4-3-5-14(12)18/h3-7H,8-9H2,1-2H3,(H,20,23)/b7-6+. The van der Waals surface area contributed by atoms with Crippen LogP contribution in [0.25, 0.3) is 6.08 Å². The van der Waals surface area contributed by atoms with Crippen molar-refractivity contribution < 1.29 is 4.79 Å². The quantitative estimate of drug-likeness (QED) is 0.805. The highest BCUT2D eigenvalue weighted by molar-refractivity contribution is 6.36. The van der Waals surface area contributed by atoms with E-state index < -0.39 is 0 Å². The SMILES string of the molecule is Cc1nn(C)c(Cl)c1/C=C/C(=O)NCCc1c(Cl)cccc1Cl. The van der Waals surface area contributed by atoms with Crippen molar-refractivity contribution in [2.75, 3.05) is 6.54 Å². The maximum absolute atomic E-state index is 11.9. The van der Waals surface area contributed by atoms with Crippen molar-refractivity contribution in [1.82, 2.24) is 15.1 Å². The fraction of sp³-hybridized carbons (Fsp3) is 0.250. The van der Waals surface area contributed by atoms with E-state index in [0.29, 0.717) is 28.2 Å². The molecule has 1 heterocycles. The van der Waals surface area contributed by atoms with Crippen LogP contribution in [0.4, 0.5) is 0 Å². The lowest BCUT2D eigenvalue weighted by Gasteiger charge is -2.07. The number of rotatable bonds is 5. The third kappa shape index (κ3) is 4.50. The van der Waals surface area contributed by atoms with Crippen LogP contribution in [-0.2, 0) is 18.3 Å². The average Bonchev–Trinajstić information content (AvgIpc) is 2.73. The van der Waals surface area contributed by atoms with Crippen LogP contribution in [0, 0.1) is 6.92 Å².